The van der Waals surface area contributed by atoms with Crippen LogP contribution in [0.4, 0.5) is 0 Å². The lowest BCUT2D eigenvalue weighted by Gasteiger charge is -1.93. The Morgan fingerprint density at radius 2 is 2.22 bits per heavy atom. The predicted octanol–water partition coefficient (Wildman–Crippen LogP) is -0.440. The largest absolute Gasteiger partial charge is 0.400 e. The standard InChI is InChI=1S/C6H14N2O/c7-4-2-1-3-6(8)5-9/h3,9H,1-2,4-5,7-8H2/b6-3-. The van der Waals surface area contributed by atoms with E-state index < -0.39 is 0 Å². The average Bonchev–Trinajstić information content (AvgIpc) is 1.89. The predicted molar refractivity (Wildman–Crippen MR) is 37.6 cm³/mol. The second kappa shape index (κ2) is 5.59. The van der Waals surface area contributed by atoms with Crippen LogP contribution in [0.25, 0.3) is 0 Å². The van der Waals surface area contributed by atoms with E-state index in [9.17, 15) is 0 Å². The monoisotopic (exact) mass is 130 g/mol. The van der Waals surface area contributed by atoms with Gasteiger partial charge in [0.25, 0.3) is 0 Å². The summed E-state index contributed by atoms with van der Waals surface area (Å²) in [6.45, 7) is 0.625. The molecule has 0 unspecified atom stereocenters. The van der Waals surface area contributed by atoms with Gasteiger partial charge >= 0.3 is 0 Å². The maximum atomic E-state index is 8.41. The summed E-state index contributed by atoms with van der Waals surface area (Å²) < 4.78 is 0. The van der Waals surface area contributed by atoms with Gasteiger partial charge in [-0.2, -0.15) is 0 Å². The molecule has 0 aromatic carbocycles. The van der Waals surface area contributed by atoms with Gasteiger partial charge in [-0.25, -0.2) is 0 Å². The van der Waals surface area contributed by atoms with Gasteiger partial charge in [0.2, 0.25) is 0 Å². The molecule has 0 aliphatic heterocycles. The van der Waals surface area contributed by atoms with Crippen LogP contribution in [0.3, 0.4) is 0 Å². The minimum Gasteiger partial charge on any atom is -0.400 e. The molecule has 0 amide bonds. The van der Waals surface area contributed by atoms with E-state index in [-0.39, 0.29) is 6.61 Å². The molecule has 0 rings (SSSR count). The first-order chi connectivity index (χ1) is 4.31. The highest BCUT2D eigenvalue weighted by Crippen LogP contribution is 1.90. The maximum absolute atomic E-state index is 8.41. The van der Waals surface area contributed by atoms with Crippen molar-refractivity contribution in [1.82, 2.24) is 0 Å². The van der Waals surface area contributed by atoms with Gasteiger partial charge in [-0.3, -0.25) is 0 Å². The molecule has 9 heavy (non-hydrogen) atoms. The summed E-state index contributed by atoms with van der Waals surface area (Å²) in [4.78, 5) is 0. The van der Waals surface area contributed by atoms with Gasteiger partial charge in [0, 0.05) is 5.70 Å². The smallest absolute Gasteiger partial charge is 0.0822 e. The number of aliphatic hydroxyl groups excluding tert-OH is 1. The third-order valence-electron chi connectivity index (χ3n) is 0.997. The molecule has 0 saturated carbocycles. The number of rotatable bonds is 4. The van der Waals surface area contributed by atoms with Crippen LogP contribution in [0.1, 0.15) is 12.8 Å². The Bertz CT molecular complexity index is 91.1. The van der Waals surface area contributed by atoms with Crippen LogP contribution in [-0.4, -0.2) is 18.3 Å². The van der Waals surface area contributed by atoms with Crippen molar-refractivity contribution in [2.45, 2.75) is 12.8 Å². The van der Waals surface area contributed by atoms with E-state index >= 15 is 0 Å². The van der Waals surface area contributed by atoms with Crippen LogP contribution < -0.4 is 11.5 Å². The minimum absolute atomic E-state index is 0.0510. The second-order valence-electron chi connectivity index (χ2n) is 1.87. The first kappa shape index (κ1) is 8.46. The minimum atomic E-state index is -0.0510. The van der Waals surface area contributed by atoms with Gasteiger partial charge < -0.3 is 16.6 Å². The number of hydrogen-bond acceptors (Lipinski definition) is 3. The van der Waals surface area contributed by atoms with Crippen molar-refractivity contribution < 1.29 is 5.11 Å². The molecule has 0 radical (unpaired) electrons. The number of unbranched alkanes of at least 4 members (excludes halogenated alkanes) is 1. The van der Waals surface area contributed by atoms with Crippen molar-refractivity contribution in [3.63, 3.8) is 0 Å². The quantitative estimate of drug-likeness (QED) is 0.452. The maximum Gasteiger partial charge on any atom is 0.0822 e. The first-order valence-corrected chi connectivity index (χ1v) is 3.06. The average molecular weight is 130 g/mol. The zero-order chi connectivity index (χ0) is 7.11. The van der Waals surface area contributed by atoms with Gasteiger partial charge in [-0.05, 0) is 19.4 Å². The summed E-state index contributed by atoms with van der Waals surface area (Å²) in [5.41, 5.74) is 11.0. The molecule has 0 atom stereocenters. The lowest BCUT2D eigenvalue weighted by Crippen LogP contribution is -2.02. The zero-order valence-corrected chi connectivity index (χ0v) is 5.51. The number of hydrogen-bond donors (Lipinski definition) is 3. The Morgan fingerprint density at radius 1 is 1.56 bits per heavy atom. The summed E-state index contributed by atoms with van der Waals surface area (Å²) in [7, 11) is 0. The van der Waals surface area contributed by atoms with E-state index in [1.165, 1.54) is 0 Å². The summed E-state index contributed by atoms with van der Waals surface area (Å²) in [5.74, 6) is 0. The van der Waals surface area contributed by atoms with Crippen LogP contribution in [0.15, 0.2) is 11.8 Å². The third kappa shape index (κ3) is 5.33. The highest BCUT2D eigenvalue weighted by atomic mass is 16.3. The third-order valence-corrected chi connectivity index (χ3v) is 0.997. The van der Waals surface area contributed by atoms with Crippen molar-refractivity contribution in [2.24, 2.45) is 11.5 Å². The number of allylic oxidation sites excluding steroid dienone is 1. The molecular weight excluding hydrogens is 116 g/mol. The van der Waals surface area contributed by atoms with Crippen molar-refractivity contribution in [3.05, 3.63) is 11.8 Å². The van der Waals surface area contributed by atoms with Crippen molar-refractivity contribution in [1.29, 1.82) is 0 Å². The summed E-state index contributed by atoms with van der Waals surface area (Å²) >= 11 is 0. The van der Waals surface area contributed by atoms with Gasteiger partial charge in [-0.1, -0.05) is 6.08 Å². The Hall–Kier alpha value is -0.540. The highest BCUT2D eigenvalue weighted by Gasteiger charge is 1.83. The van der Waals surface area contributed by atoms with E-state index in [1.54, 1.807) is 6.08 Å². The van der Waals surface area contributed by atoms with E-state index in [2.05, 4.69) is 0 Å². The lowest BCUT2D eigenvalue weighted by atomic mass is 10.3. The summed E-state index contributed by atoms with van der Waals surface area (Å²) in [6.07, 6.45) is 3.59. The van der Waals surface area contributed by atoms with Crippen molar-refractivity contribution in [3.8, 4) is 0 Å². The van der Waals surface area contributed by atoms with Crippen LogP contribution in [0.2, 0.25) is 0 Å². The van der Waals surface area contributed by atoms with Crippen LogP contribution in [0, 0.1) is 0 Å². The molecule has 3 nitrogen and oxygen atoms in total. The van der Waals surface area contributed by atoms with Crippen molar-refractivity contribution >= 4 is 0 Å². The first-order valence-electron chi connectivity index (χ1n) is 3.06. The normalized spacial score (nSPS) is 12.0. The molecule has 54 valence electrons. The lowest BCUT2D eigenvalue weighted by molar-refractivity contribution is 0.329. The molecule has 3 heteroatoms. The van der Waals surface area contributed by atoms with E-state index in [4.69, 9.17) is 16.6 Å². The Morgan fingerprint density at radius 3 is 2.67 bits per heavy atom. The van der Waals surface area contributed by atoms with E-state index in [1.807, 2.05) is 0 Å². The molecule has 0 aliphatic carbocycles. The topological polar surface area (TPSA) is 72.3 Å². The molecule has 0 aromatic heterocycles. The number of aliphatic hydroxyl groups is 1. The Kier molecular flexibility index (Phi) is 5.26. The van der Waals surface area contributed by atoms with Gasteiger partial charge in [0.1, 0.15) is 0 Å². The second-order valence-corrected chi connectivity index (χ2v) is 1.87. The summed E-state index contributed by atoms with van der Waals surface area (Å²) in [5, 5.41) is 8.41. The molecule has 0 spiro atoms. The Balaban J connectivity index is 3.21. The van der Waals surface area contributed by atoms with Gasteiger partial charge in [-0.15, -0.1) is 0 Å². The molecule has 5 N–H and O–H groups in total. The highest BCUT2D eigenvalue weighted by molar-refractivity contribution is 4.95. The van der Waals surface area contributed by atoms with Gasteiger partial charge in [0.15, 0.2) is 0 Å². The number of nitrogens with two attached hydrogens (primary N) is 2. The fraction of sp³-hybridized carbons (Fsp3) is 0.667. The molecule has 0 aromatic rings. The molecular formula is C6H14N2O. The molecule has 0 heterocycles. The zero-order valence-electron chi connectivity index (χ0n) is 5.51. The molecule has 0 fully saturated rings. The van der Waals surface area contributed by atoms with E-state index in [0.29, 0.717) is 12.2 Å². The molecule has 0 aliphatic rings. The summed E-state index contributed by atoms with van der Waals surface area (Å²) in [6, 6.07) is 0. The van der Waals surface area contributed by atoms with Crippen LogP contribution >= 0.6 is 0 Å². The fourth-order valence-corrected chi connectivity index (χ4v) is 0.470. The molecule has 0 bridgehead atoms. The SMILES string of the molecule is NCCC/C=C(\N)CO. The van der Waals surface area contributed by atoms with Crippen molar-refractivity contribution in [2.75, 3.05) is 13.2 Å². The van der Waals surface area contributed by atoms with Crippen LogP contribution in [0.5, 0.6) is 0 Å². The van der Waals surface area contributed by atoms with Gasteiger partial charge in [0.05, 0.1) is 6.61 Å². The fourth-order valence-electron chi connectivity index (χ4n) is 0.470. The van der Waals surface area contributed by atoms with E-state index in [0.717, 1.165) is 12.8 Å². The van der Waals surface area contributed by atoms with Crippen LogP contribution in [-0.2, 0) is 0 Å². The molecule has 0 saturated heterocycles. The Labute approximate surface area is 55.3 Å².